The molecule has 3 aliphatic rings. The number of hydrogen-bond donors (Lipinski definition) is 2. The van der Waals surface area contributed by atoms with Crippen molar-refractivity contribution in [1.82, 2.24) is 15.5 Å². The van der Waals surface area contributed by atoms with Crippen molar-refractivity contribution < 1.29 is 28.7 Å². The molecular weight excluding hydrogens is 434 g/mol. The third-order valence-electron chi connectivity index (χ3n) is 6.01. The minimum Gasteiger partial charge on any atom is -0.433 e. The van der Waals surface area contributed by atoms with Crippen LogP contribution in [0.3, 0.4) is 0 Å². The molecule has 3 amide bonds. The Morgan fingerprint density at radius 3 is 2.78 bits per heavy atom. The van der Waals surface area contributed by atoms with Crippen LogP contribution >= 0.6 is 11.3 Å². The minimum atomic E-state index is -0.822. The van der Waals surface area contributed by atoms with Crippen LogP contribution in [0.15, 0.2) is 29.0 Å². The summed E-state index contributed by atoms with van der Waals surface area (Å²) in [5, 5.41) is 9.20. The number of carbonyl (C=O) groups is 4. The zero-order chi connectivity index (χ0) is 22.7. The summed E-state index contributed by atoms with van der Waals surface area (Å²) in [4.78, 5) is 52.4. The zero-order valence-corrected chi connectivity index (χ0v) is 18.6. The number of nitrogens with one attached hydrogen (secondary N) is 2. The van der Waals surface area contributed by atoms with Gasteiger partial charge in [-0.25, -0.2) is 0 Å². The largest absolute Gasteiger partial charge is 0.433 e. The van der Waals surface area contributed by atoms with Gasteiger partial charge in [-0.3, -0.25) is 19.2 Å². The van der Waals surface area contributed by atoms with E-state index in [1.165, 1.54) is 11.3 Å². The molecule has 2 N–H and O–H groups in total. The van der Waals surface area contributed by atoms with Crippen molar-refractivity contribution in [2.75, 3.05) is 6.61 Å². The summed E-state index contributed by atoms with van der Waals surface area (Å²) in [5.41, 5.74) is 0.508. The molecule has 4 heterocycles. The van der Waals surface area contributed by atoms with Gasteiger partial charge in [0.15, 0.2) is 0 Å². The van der Waals surface area contributed by atoms with E-state index in [-0.39, 0.29) is 30.2 Å². The lowest BCUT2D eigenvalue weighted by atomic mass is 10.0. The maximum Gasteiger partial charge on any atom is 0.310 e. The Balaban J connectivity index is 1.48. The number of thiophene rings is 1. The highest BCUT2D eigenvalue weighted by Crippen LogP contribution is 2.30. The normalized spacial score (nSPS) is 29.8. The summed E-state index contributed by atoms with van der Waals surface area (Å²) < 4.78 is 10.5. The first-order chi connectivity index (χ1) is 15.5. The number of amides is 3. The summed E-state index contributed by atoms with van der Waals surface area (Å²) in [5.74, 6) is -1.33. The number of ether oxygens (including phenoxy) is 2. The van der Waals surface area contributed by atoms with Crippen molar-refractivity contribution in [3.8, 4) is 0 Å². The fourth-order valence-electron chi connectivity index (χ4n) is 4.48. The summed E-state index contributed by atoms with van der Waals surface area (Å²) >= 11 is 1.41. The molecule has 32 heavy (non-hydrogen) atoms. The van der Waals surface area contributed by atoms with E-state index >= 15 is 0 Å². The van der Waals surface area contributed by atoms with Gasteiger partial charge in [0.1, 0.15) is 18.1 Å². The van der Waals surface area contributed by atoms with E-state index in [0.717, 1.165) is 0 Å². The molecule has 2 saturated heterocycles. The van der Waals surface area contributed by atoms with E-state index in [1.807, 2.05) is 12.2 Å². The number of rotatable bonds is 6. The van der Waals surface area contributed by atoms with Crippen LogP contribution < -0.4 is 10.6 Å². The van der Waals surface area contributed by atoms with E-state index < -0.39 is 30.4 Å². The van der Waals surface area contributed by atoms with Gasteiger partial charge < -0.3 is 25.0 Å². The SMILES string of the molecule is CCOC1OC(=O)CC1NC(=O)[C@@H]1CC[C@H]2CC=CC[C@H](NC(=O)c3ccsc3)C(=O)N21. The molecule has 2 fully saturated rings. The quantitative estimate of drug-likeness (QED) is 0.488. The number of carbonyl (C=O) groups excluding carboxylic acids is 4. The minimum absolute atomic E-state index is 0.0303. The number of esters is 1. The first-order valence-electron chi connectivity index (χ1n) is 10.9. The van der Waals surface area contributed by atoms with Crippen molar-refractivity contribution in [2.45, 2.75) is 69.5 Å². The molecule has 10 heteroatoms. The van der Waals surface area contributed by atoms with Gasteiger partial charge in [-0.05, 0) is 44.1 Å². The fraction of sp³-hybridized carbons (Fsp3) is 0.545. The highest BCUT2D eigenvalue weighted by Gasteiger charge is 2.45. The Morgan fingerprint density at radius 1 is 1.22 bits per heavy atom. The molecule has 1 aromatic rings. The highest BCUT2D eigenvalue weighted by atomic mass is 32.1. The Labute approximate surface area is 190 Å². The molecule has 0 aliphatic carbocycles. The lowest BCUT2D eigenvalue weighted by molar-refractivity contribution is -0.164. The number of fused-ring (bicyclic) bond motifs is 1. The molecule has 0 saturated carbocycles. The van der Waals surface area contributed by atoms with E-state index in [0.29, 0.717) is 37.9 Å². The monoisotopic (exact) mass is 461 g/mol. The van der Waals surface area contributed by atoms with Crippen LogP contribution in [-0.4, -0.2) is 65.7 Å². The van der Waals surface area contributed by atoms with E-state index in [2.05, 4.69) is 10.6 Å². The number of nitrogens with zero attached hydrogens (tertiary/aromatic N) is 1. The third-order valence-corrected chi connectivity index (χ3v) is 6.70. The number of cyclic esters (lactones) is 1. The molecule has 3 aliphatic heterocycles. The molecule has 0 aromatic carbocycles. The van der Waals surface area contributed by atoms with E-state index in [9.17, 15) is 19.2 Å². The second kappa shape index (κ2) is 9.83. The van der Waals surface area contributed by atoms with Gasteiger partial charge in [0, 0.05) is 18.0 Å². The maximum atomic E-state index is 13.5. The average Bonchev–Trinajstić information content (AvgIpc) is 3.49. The second-order valence-corrected chi connectivity index (χ2v) is 8.89. The maximum absolute atomic E-state index is 13.5. The first kappa shape index (κ1) is 22.5. The predicted molar refractivity (Wildman–Crippen MR) is 116 cm³/mol. The molecule has 0 radical (unpaired) electrons. The first-order valence-corrected chi connectivity index (χ1v) is 11.8. The van der Waals surface area contributed by atoms with Gasteiger partial charge in [-0.15, -0.1) is 0 Å². The summed E-state index contributed by atoms with van der Waals surface area (Å²) in [7, 11) is 0. The van der Waals surface area contributed by atoms with Crippen molar-refractivity contribution in [2.24, 2.45) is 0 Å². The Bertz CT molecular complexity index is 901. The van der Waals surface area contributed by atoms with Crippen molar-refractivity contribution >= 4 is 35.0 Å². The Kier molecular flexibility index (Phi) is 6.90. The molecule has 0 bridgehead atoms. The Hall–Kier alpha value is -2.72. The lowest BCUT2D eigenvalue weighted by Gasteiger charge is -2.34. The van der Waals surface area contributed by atoms with Gasteiger partial charge >= 0.3 is 5.97 Å². The van der Waals surface area contributed by atoms with Gasteiger partial charge in [-0.2, -0.15) is 11.3 Å². The Morgan fingerprint density at radius 2 is 2.03 bits per heavy atom. The number of hydrogen-bond acceptors (Lipinski definition) is 7. The summed E-state index contributed by atoms with van der Waals surface area (Å²) in [6.45, 7) is 2.13. The van der Waals surface area contributed by atoms with Crippen molar-refractivity contribution in [3.05, 3.63) is 34.5 Å². The van der Waals surface area contributed by atoms with Crippen molar-refractivity contribution in [1.29, 1.82) is 0 Å². The van der Waals surface area contributed by atoms with Crippen LogP contribution in [0.5, 0.6) is 0 Å². The van der Waals surface area contributed by atoms with Gasteiger partial charge in [0.05, 0.1) is 12.0 Å². The lowest BCUT2D eigenvalue weighted by Crippen LogP contribution is -2.57. The molecule has 2 unspecified atom stereocenters. The van der Waals surface area contributed by atoms with Crippen LogP contribution in [0.25, 0.3) is 0 Å². The van der Waals surface area contributed by atoms with Crippen LogP contribution in [0.4, 0.5) is 0 Å². The molecular formula is C22H27N3O6S. The van der Waals surface area contributed by atoms with Crippen LogP contribution in [-0.2, 0) is 23.9 Å². The summed E-state index contributed by atoms with van der Waals surface area (Å²) in [6, 6.07) is -0.412. The average molecular weight is 462 g/mol. The molecule has 1 aromatic heterocycles. The predicted octanol–water partition coefficient (Wildman–Crippen LogP) is 1.35. The van der Waals surface area contributed by atoms with Gasteiger partial charge in [0.2, 0.25) is 18.1 Å². The van der Waals surface area contributed by atoms with E-state index in [1.54, 1.807) is 28.7 Å². The smallest absolute Gasteiger partial charge is 0.310 e. The van der Waals surface area contributed by atoms with Crippen LogP contribution in [0, 0.1) is 0 Å². The topological polar surface area (TPSA) is 114 Å². The molecule has 172 valence electrons. The van der Waals surface area contributed by atoms with Gasteiger partial charge in [0.25, 0.3) is 5.91 Å². The standard InChI is InChI=1S/C22H27N3O6S/c1-2-30-22-16(11-18(26)31-22)24-20(28)17-8-7-14-5-3-4-6-15(21(29)25(14)17)23-19(27)13-9-10-32-12-13/h3-4,9-10,12,14-17,22H,2,5-8,11H2,1H3,(H,23,27)(H,24,28)/t14-,15+,16?,17+,22?/m1/s1. The summed E-state index contributed by atoms with van der Waals surface area (Å²) in [6.07, 6.45) is 5.35. The van der Waals surface area contributed by atoms with Crippen LogP contribution in [0.2, 0.25) is 0 Å². The highest BCUT2D eigenvalue weighted by molar-refractivity contribution is 7.08. The molecule has 9 nitrogen and oxygen atoms in total. The zero-order valence-electron chi connectivity index (χ0n) is 17.8. The van der Waals surface area contributed by atoms with Crippen LogP contribution in [0.1, 0.15) is 49.4 Å². The second-order valence-electron chi connectivity index (χ2n) is 8.11. The van der Waals surface area contributed by atoms with Gasteiger partial charge in [-0.1, -0.05) is 12.2 Å². The molecule has 0 spiro atoms. The fourth-order valence-corrected chi connectivity index (χ4v) is 5.11. The molecule has 4 rings (SSSR count). The van der Waals surface area contributed by atoms with E-state index in [4.69, 9.17) is 9.47 Å². The molecule has 5 atom stereocenters. The third kappa shape index (κ3) is 4.71. The van der Waals surface area contributed by atoms with Crippen molar-refractivity contribution in [3.63, 3.8) is 0 Å².